The summed E-state index contributed by atoms with van der Waals surface area (Å²) in [5.74, 6) is 2.04. The van der Waals surface area contributed by atoms with Gasteiger partial charge < -0.3 is 10.2 Å². The fraction of sp³-hybridized carbons (Fsp3) is 0.667. The van der Waals surface area contributed by atoms with Crippen LogP contribution in [0.3, 0.4) is 0 Å². The molecule has 0 amide bonds. The zero-order valence-corrected chi connectivity index (χ0v) is 12.1. The van der Waals surface area contributed by atoms with Crippen LogP contribution in [-0.2, 0) is 6.54 Å². The minimum Gasteiger partial charge on any atom is -0.359 e. The topological polar surface area (TPSA) is 28.2 Å². The highest BCUT2D eigenvalue weighted by molar-refractivity contribution is 5.46. The second-order valence-corrected chi connectivity index (χ2v) is 5.98. The summed E-state index contributed by atoms with van der Waals surface area (Å²) in [5, 5.41) is 3.36. The van der Waals surface area contributed by atoms with E-state index in [0.29, 0.717) is 12.5 Å². The number of halogens is 1. The number of pyridine rings is 1. The van der Waals surface area contributed by atoms with E-state index < -0.39 is 0 Å². The van der Waals surface area contributed by atoms with Crippen molar-refractivity contribution in [3.8, 4) is 0 Å². The normalized spacial score (nSPS) is 15.0. The molecule has 1 saturated carbocycles. The molecule has 3 nitrogen and oxygen atoms in total. The van der Waals surface area contributed by atoms with Gasteiger partial charge >= 0.3 is 0 Å². The van der Waals surface area contributed by atoms with Gasteiger partial charge in [-0.1, -0.05) is 13.8 Å². The Balaban J connectivity index is 2.02. The average Bonchev–Trinajstić information content (AvgIpc) is 3.12. The van der Waals surface area contributed by atoms with E-state index in [-0.39, 0.29) is 5.82 Å². The first-order chi connectivity index (χ1) is 9.06. The van der Waals surface area contributed by atoms with Crippen molar-refractivity contribution in [2.24, 2.45) is 11.8 Å². The van der Waals surface area contributed by atoms with Crippen LogP contribution < -0.4 is 10.2 Å². The Kier molecular flexibility index (Phi) is 4.75. The quantitative estimate of drug-likeness (QED) is 0.821. The van der Waals surface area contributed by atoms with Crippen LogP contribution in [0.15, 0.2) is 12.3 Å². The molecule has 106 valence electrons. The van der Waals surface area contributed by atoms with Gasteiger partial charge in [-0.25, -0.2) is 9.37 Å². The van der Waals surface area contributed by atoms with E-state index in [1.807, 2.05) is 7.05 Å². The smallest absolute Gasteiger partial charge is 0.141 e. The molecule has 1 aliphatic carbocycles. The molecule has 0 radical (unpaired) electrons. The molecule has 0 atom stereocenters. The Morgan fingerprint density at radius 3 is 2.84 bits per heavy atom. The summed E-state index contributed by atoms with van der Waals surface area (Å²) in [7, 11) is 2.05. The molecule has 0 unspecified atom stereocenters. The average molecular weight is 265 g/mol. The minimum atomic E-state index is -0.259. The molecule has 1 fully saturated rings. The summed E-state index contributed by atoms with van der Waals surface area (Å²) >= 11 is 0. The van der Waals surface area contributed by atoms with Crippen molar-refractivity contribution >= 4 is 5.82 Å². The SMILES string of the molecule is CC(C)CNCc1cc(F)cnc1N(C)CC1CC1. The number of nitrogens with one attached hydrogen (secondary N) is 1. The maximum Gasteiger partial charge on any atom is 0.141 e. The Morgan fingerprint density at radius 2 is 2.21 bits per heavy atom. The van der Waals surface area contributed by atoms with Gasteiger partial charge in [0.1, 0.15) is 11.6 Å². The molecular formula is C15H24FN3. The van der Waals surface area contributed by atoms with Crippen molar-refractivity contribution in [3.63, 3.8) is 0 Å². The summed E-state index contributed by atoms with van der Waals surface area (Å²) in [6.07, 6.45) is 3.93. The van der Waals surface area contributed by atoms with Crippen LogP contribution in [0.2, 0.25) is 0 Å². The van der Waals surface area contributed by atoms with Gasteiger partial charge in [0.15, 0.2) is 0 Å². The van der Waals surface area contributed by atoms with Crippen molar-refractivity contribution in [1.29, 1.82) is 0 Å². The van der Waals surface area contributed by atoms with Crippen LogP contribution in [0.4, 0.5) is 10.2 Å². The lowest BCUT2D eigenvalue weighted by Crippen LogP contribution is -2.25. The van der Waals surface area contributed by atoms with Crippen LogP contribution in [-0.4, -0.2) is 25.1 Å². The number of rotatable bonds is 7. The third kappa shape index (κ3) is 4.46. The van der Waals surface area contributed by atoms with E-state index in [1.54, 1.807) is 6.07 Å². The number of aromatic nitrogens is 1. The third-order valence-electron chi connectivity index (χ3n) is 3.37. The molecule has 0 saturated heterocycles. The lowest BCUT2D eigenvalue weighted by Gasteiger charge is -2.21. The van der Waals surface area contributed by atoms with Gasteiger partial charge in [-0.05, 0) is 37.3 Å². The van der Waals surface area contributed by atoms with Gasteiger partial charge in [0.05, 0.1) is 6.20 Å². The minimum absolute atomic E-state index is 0.259. The fourth-order valence-corrected chi connectivity index (χ4v) is 2.22. The Bertz CT molecular complexity index is 416. The van der Waals surface area contributed by atoms with Gasteiger partial charge in [-0.2, -0.15) is 0 Å². The van der Waals surface area contributed by atoms with E-state index in [0.717, 1.165) is 30.4 Å². The largest absolute Gasteiger partial charge is 0.359 e. The van der Waals surface area contributed by atoms with Crippen molar-refractivity contribution in [2.75, 3.05) is 25.0 Å². The van der Waals surface area contributed by atoms with Crippen molar-refractivity contribution in [3.05, 3.63) is 23.6 Å². The molecule has 0 spiro atoms. The van der Waals surface area contributed by atoms with Gasteiger partial charge in [-0.3, -0.25) is 0 Å². The van der Waals surface area contributed by atoms with E-state index in [2.05, 4.69) is 29.0 Å². The van der Waals surface area contributed by atoms with Gasteiger partial charge in [0, 0.05) is 25.7 Å². The molecule has 2 rings (SSSR count). The maximum atomic E-state index is 13.4. The number of nitrogens with zero attached hydrogens (tertiary/aromatic N) is 2. The van der Waals surface area contributed by atoms with Gasteiger partial charge in [0.2, 0.25) is 0 Å². The highest BCUT2D eigenvalue weighted by Gasteiger charge is 2.24. The summed E-state index contributed by atoms with van der Waals surface area (Å²) in [6, 6.07) is 1.60. The van der Waals surface area contributed by atoms with Gasteiger partial charge in [-0.15, -0.1) is 0 Å². The number of anilines is 1. The Hall–Kier alpha value is -1.16. The van der Waals surface area contributed by atoms with Crippen LogP contribution in [0.1, 0.15) is 32.3 Å². The lowest BCUT2D eigenvalue weighted by atomic mass is 10.2. The number of hydrogen-bond acceptors (Lipinski definition) is 3. The summed E-state index contributed by atoms with van der Waals surface area (Å²) in [4.78, 5) is 6.42. The Labute approximate surface area is 115 Å². The van der Waals surface area contributed by atoms with Crippen molar-refractivity contribution in [2.45, 2.75) is 33.2 Å². The first-order valence-electron chi connectivity index (χ1n) is 7.12. The lowest BCUT2D eigenvalue weighted by molar-refractivity contribution is 0.548. The van der Waals surface area contributed by atoms with E-state index in [1.165, 1.54) is 19.0 Å². The van der Waals surface area contributed by atoms with Crippen LogP contribution in [0.5, 0.6) is 0 Å². The van der Waals surface area contributed by atoms with Crippen LogP contribution >= 0.6 is 0 Å². The molecule has 0 aliphatic heterocycles. The molecule has 0 bridgehead atoms. The molecule has 1 aromatic heterocycles. The van der Waals surface area contributed by atoms with Crippen molar-refractivity contribution in [1.82, 2.24) is 10.3 Å². The monoisotopic (exact) mass is 265 g/mol. The molecule has 1 N–H and O–H groups in total. The fourth-order valence-electron chi connectivity index (χ4n) is 2.22. The summed E-state index contributed by atoms with van der Waals surface area (Å²) in [5.41, 5.74) is 0.948. The second-order valence-electron chi connectivity index (χ2n) is 5.98. The summed E-state index contributed by atoms with van der Waals surface area (Å²) < 4.78 is 13.4. The highest BCUT2D eigenvalue weighted by Crippen LogP contribution is 2.31. The molecular weight excluding hydrogens is 241 g/mol. The zero-order chi connectivity index (χ0) is 13.8. The maximum absolute atomic E-state index is 13.4. The molecule has 1 aromatic rings. The van der Waals surface area contributed by atoms with Gasteiger partial charge in [0.25, 0.3) is 0 Å². The van der Waals surface area contributed by atoms with Crippen LogP contribution in [0.25, 0.3) is 0 Å². The first kappa shape index (κ1) is 14.3. The number of hydrogen-bond donors (Lipinski definition) is 1. The van der Waals surface area contributed by atoms with E-state index in [4.69, 9.17) is 0 Å². The molecule has 4 heteroatoms. The predicted octanol–water partition coefficient (Wildman–Crippen LogP) is 2.81. The second kappa shape index (κ2) is 6.33. The molecule has 1 heterocycles. The van der Waals surface area contributed by atoms with E-state index >= 15 is 0 Å². The molecule has 0 aromatic carbocycles. The van der Waals surface area contributed by atoms with E-state index in [9.17, 15) is 4.39 Å². The predicted molar refractivity (Wildman–Crippen MR) is 76.7 cm³/mol. The molecule has 19 heavy (non-hydrogen) atoms. The molecule has 1 aliphatic rings. The third-order valence-corrected chi connectivity index (χ3v) is 3.37. The first-order valence-corrected chi connectivity index (χ1v) is 7.12. The highest BCUT2D eigenvalue weighted by atomic mass is 19.1. The Morgan fingerprint density at radius 1 is 1.47 bits per heavy atom. The zero-order valence-electron chi connectivity index (χ0n) is 12.1. The van der Waals surface area contributed by atoms with Crippen molar-refractivity contribution < 1.29 is 4.39 Å². The summed E-state index contributed by atoms with van der Waals surface area (Å²) in [6.45, 7) is 6.96. The standard InChI is InChI=1S/C15H24FN3/c1-11(2)7-17-8-13-6-14(16)9-18-15(13)19(3)10-12-4-5-12/h6,9,11-12,17H,4-5,7-8,10H2,1-3H3. The van der Waals surface area contributed by atoms with Crippen LogP contribution in [0, 0.1) is 17.7 Å².